The van der Waals surface area contributed by atoms with Crippen LogP contribution in [-0.2, 0) is 11.3 Å². The number of aromatic nitrogens is 1. The normalized spacial score (nSPS) is 30.3. The number of hydrogen-bond donors (Lipinski definition) is 3. The minimum Gasteiger partial charge on any atom is -0.481 e. The molecule has 2 saturated carbocycles. The molecule has 2 aliphatic carbocycles. The summed E-state index contributed by atoms with van der Waals surface area (Å²) in [7, 11) is 0. The van der Waals surface area contributed by atoms with E-state index in [1.807, 2.05) is 12.3 Å². The van der Waals surface area contributed by atoms with Crippen molar-refractivity contribution in [2.45, 2.75) is 38.8 Å². The van der Waals surface area contributed by atoms with Crippen molar-refractivity contribution in [3.63, 3.8) is 0 Å². The Morgan fingerprint density at radius 2 is 2.19 bits per heavy atom. The fraction of sp³-hybridized carbons (Fsp3) is 0.643. The van der Waals surface area contributed by atoms with E-state index in [4.69, 9.17) is 0 Å². The van der Waals surface area contributed by atoms with Gasteiger partial charge in [0, 0.05) is 11.4 Å². The van der Waals surface area contributed by atoms with Crippen molar-refractivity contribution in [3.05, 3.63) is 16.1 Å². The molecule has 2 fully saturated rings. The second-order valence-corrected chi connectivity index (χ2v) is 6.97. The maximum atomic E-state index is 12.0. The number of carboxylic acid groups (broad SMARTS) is 1. The number of hydrogen-bond acceptors (Lipinski definition) is 4. The number of aryl methyl sites for hydroxylation is 1. The van der Waals surface area contributed by atoms with Crippen LogP contribution in [0, 0.1) is 24.7 Å². The molecule has 3 N–H and O–H groups in total. The number of nitrogens with zero attached hydrogens (tertiary/aromatic N) is 1. The highest BCUT2D eigenvalue weighted by Crippen LogP contribution is 2.48. The van der Waals surface area contributed by atoms with Gasteiger partial charge in [0.2, 0.25) is 0 Å². The van der Waals surface area contributed by atoms with Gasteiger partial charge < -0.3 is 15.7 Å². The Morgan fingerprint density at radius 3 is 2.86 bits per heavy atom. The van der Waals surface area contributed by atoms with Gasteiger partial charge in [-0.25, -0.2) is 9.78 Å². The molecule has 3 rings (SSSR count). The van der Waals surface area contributed by atoms with Gasteiger partial charge in [-0.2, -0.15) is 0 Å². The second kappa shape index (κ2) is 5.63. The molecule has 7 heteroatoms. The van der Waals surface area contributed by atoms with Gasteiger partial charge in [-0.1, -0.05) is 0 Å². The molecule has 0 radical (unpaired) electrons. The highest BCUT2D eigenvalue weighted by Gasteiger charge is 2.51. The van der Waals surface area contributed by atoms with Gasteiger partial charge in [0.15, 0.2) is 0 Å². The van der Waals surface area contributed by atoms with E-state index in [0.29, 0.717) is 12.5 Å². The first-order valence-electron chi connectivity index (χ1n) is 7.23. The molecule has 114 valence electrons. The first-order valence-corrected chi connectivity index (χ1v) is 8.10. The molecule has 21 heavy (non-hydrogen) atoms. The van der Waals surface area contributed by atoms with E-state index in [1.165, 1.54) is 0 Å². The van der Waals surface area contributed by atoms with Crippen LogP contribution in [-0.4, -0.2) is 28.1 Å². The topological polar surface area (TPSA) is 91.3 Å². The first kappa shape index (κ1) is 14.3. The van der Waals surface area contributed by atoms with Crippen LogP contribution < -0.4 is 10.6 Å². The van der Waals surface area contributed by atoms with Crippen molar-refractivity contribution in [2.75, 3.05) is 0 Å². The summed E-state index contributed by atoms with van der Waals surface area (Å²) < 4.78 is 0. The summed E-state index contributed by atoms with van der Waals surface area (Å²) in [5, 5.41) is 17.8. The molecule has 0 saturated heterocycles. The molecule has 0 spiro atoms. The Morgan fingerprint density at radius 1 is 1.43 bits per heavy atom. The molecule has 1 heterocycles. The molecule has 0 aliphatic heterocycles. The predicted octanol–water partition coefficient (Wildman–Crippen LogP) is 1.75. The lowest BCUT2D eigenvalue weighted by Crippen LogP contribution is -2.50. The maximum Gasteiger partial charge on any atom is 0.315 e. The van der Waals surface area contributed by atoms with Crippen LogP contribution in [0.2, 0.25) is 0 Å². The third-order valence-electron chi connectivity index (χ3n) is 4.60. The molecular weight excluding hydrogens is 290 g/mol. The van der Waals surface area contributed by atoms with Crippen molar-refractivity contribution in [1.29, 1.82) is 0 Å². The zero-order chi connectivity index (χ0) is 15.0. The van der Waals surface area contributed by atoms with E-state index in [1.54, 1.807) is 11.3 Å². The number of aliphatic carboxylic acids is 1. The highest BCUT2D eigenvalue weighted by atomic mass is 32.1. The SMILES string of the molecule is Cc1nc(CNC(=O)NC2C3CCC(C3)C2C(=O)O)cs1. The van der Waals surface area contributed by atoms with Crippen LogP contribution in [0.1, 0.15) is 30.0 Å². The number of rotatable bonds is 4. The van der Waals surface area contributed by atoms with Crippen LogP contribution in [0.15, 0.2) is 5.38 Å². The average molecular weight is 309 g/mol. The lowest BCUT2D eigenvalue weighted by molar-refractivity contribution is -0.144. The van der Waals surface area contributed by atoms with Gasteiger partial charge in [-0.15, -0.1) is 11.3 Å². The fourth-order valence-electron chi connectivity index (χ4n) is 3.72. The summed E-state index contributed by atoms with van der Waals surface area (Å²) in [6.45, 7) is 2.29. The molecule has 1 aromatic rings. The van der Waals surface area contributed by atoms with Crippen LogP contribution in [0.4, 0.5) is 4.79 Å². The number of carboxylic acids is 1. The number of carbonyl (C=O) groups excluding carboxylic acids is 1. The van der Waals surface area contributed by atoms with Gasteiger partial charge >= 0.3 is 12.0 Å². The van der Waals surface area contributed by atoms with E-state index < -0.39 is 11.9 Å². The molecule has 4 atom stereocenters. The molecule has 6 nitrogen and oxygen atoms in total. The smallest absolute Gasteiger partial charge is 0.315 e. The summed E-state index contributed by atoms with van der Waals surface area (Å²) >= 11 is 1.54. The van der Waals surface area contributed by atoms with Crippen LogP contribution >= 0.6 is 11.3 Å². The summed E-state index contributed by atoms with van der Waals surface area (Å²) in [5.41, 5.74) is 0.829. The largest absolute Gasteiger partial charge is 0.481 e. The Kier molecular flexibility index (Phi) is 3.84. The molecule has 0 aromatic carbocycles. The summed E-state index contributed by atoms with van der Waals surface area (Å²) in [6, 6.07) is -0.539. The van der Waals surface area contributed by atoms with Crippen molar-refractivity contribution < 1.29 is 14.7 Å². The van der Waals surface area contributed by atoms with Gasteiger partial charge in [-0.05, 0) is 38.0 Å². The third kappa shape index (κ3) is 2.88. The molecule has 2 amide bonds. The molecular formula is C14H19N3O3S. The van der Waals surface area contributed by atoms with Crippen LogP contribution in [0.3, 0.4) is 0 Å². The van der Waals surface area contributed by atoms with Gasteiger partial charge in [0.1, 0.15) is 0 Å². The Labute approximate surface area is 127 Å². The predicted molar refractivity (Wildman–Crippen MR) is 78.0 cm³/mol. The van der Waals surface area contributed by atoms with Crippen LogP contribution in [0.25, 0.3) is 0 Å². The number of thiazole rings is 1. The number of carbonyl (C=O) groups is 2. The fourth-order valence-corrected chi connectivity index (χ4v) is 4.33. The average Bonchev–Trinajstić information content (AvgIpc) is 3.11. The molecule has 2 bridgehead atoms. The minimum absolute atomic E-state index is 0.221. The zero-order valence-corrected chi connectivity index (χ0v) is 12.7. The Hall–Kier alpha value is -1.63. The monoisotopic (exact) mass is 309 g/mol. The van der Waals surface area contributed by atoms with Crippen LogP contribution in [0.5, 0.6) is 0 Å². The first-order chi connectivity index (χ1) is 10.0. The van der Waals surface area contributed by atoms with E-state index in [9.17, 15) is 14.7 Å². The standard InChI is InChI=1S/C14H19N3O3S/c1-7-16-10(6-21-7)5-15-14(20)17-12-9-3-2-8(4-9)11(12)13(18)19/h6,8-9,11-12H,2-5H2,1H3,(H,18,19)(H2,15,17,20). The number of amides is 2. The van der Waals surface area contributed by atoms with Crippen molar-refractivity contribution >= 4 is 23.3 Å². The van der Waals surface area contributed by atoms with E-state index in [0.717, 1.165) is 30.0 Å². The molecule has 1 aromatic heterocycles. The third-order valence-corrected chi connectivity index (χ3v) is 5.42. The van der Waals surface area contributed by atoms with E-state index >= 15 is 0 Å². The van der Waals surface area contributed by atoms with E-state index in [2.05, 4.69) is 15.6 Å². The summed E-state index contributed by atoms with van der Waals surface area (Å²) in [4.78, 5) is 27.6. The van der Waals surface area contributed by atoms with Crippen molar-refractivity contribution in [3.8, 4) is 0 Å². The Bertz CT molecular complexity index is 559. The quantitative estimate of drug-likeness (QED) is 0.790. The number of nitrogens with one attached hydrogen (secondary N) is 2. The molecule has 4 unspecified atom stereocenters. The Balaban J connectivity index is 1.55. The number of fused-ring (bicyclic) bond motifs is 2. The molecule has 2 aliphatic rings. The highest BCUT2D eigenvalue weighted by molar-refractivity contribution is 7.09. The number of urea groups is 1. The lowest BCUT2D eigenvalue weighted by Gasteiger charge is -2.28. The van der Waals surface area contributed by atoms with E-state index in [-0.39, 0.29) is 18.0 Å². The minimum atomic E-state index is -0.789. The summed E-state index contributed by atoms with van der Waals surface area (Å²) in [5.74, 6) is -0.694. The zero-order valence-electron chi connectivity index (χ0n) is 11.8. The lowest BCUT2D eigenvalue weighted by atomic mass is 9.84. The van der Waals surface area contributed by atoms with Gasteiger partial charge in [0.05, 0.1) is 23.2 Å². The van der Waals surface area contributed by atoms with Crippen molar-refractivity contribution in [1.82, 2.24) is 15.6 Å². The van der Waals surface area contributed by atoms with Crippen molar-refractivity contribution in [2.24, 2.45) is 17.8 Å². The maximum absolute atomic E-state index is 12.0. The van der Waals surface area contributed by atoms with Gasteiger partial charge in [-0.3, -0.25) is 4.79 Å². The summed E-state index contributed by atoms with van der Waals surface area (Å²) in [6.07, 6.45) is 2.91. The van der Waals surface area contributed by atoms with Gasteiger partial charge in [0.25, 0.3) is 0 Å². The second-order valence-electron chi connectivity index (χ2n) is 5.91.